The molecule has 0 aliphatic heterocycles. The van der Waals surface area contributed by atoms with Crippen LogP contribution >= 0.6 is 11.6 Å². The highest BCUT2D eigenvalue weighted by Gasteiger charge is 2.39. The number of benzene rings is 1. The Hall–Kier alpha value is -0.730. The summed E-state index contributed by atoms with van der Waals surface area (Å²) < 4.78 is 5.33. The van der Waals surface area contributed by atoms with Crippen LogP contribution in [0.15, 0.2) is 12.1 Å². The zero-order valence-corrected chi connectivity index (χ0v) is 9.77. The summed E-state index contributed by atoms with van der Waals surface area (Å²) in [6.45, 7) is 1.91. The quantitative estimate of drug-likeness (QED) is 0.840. The molecule has 0 atom stereocenters. The molecule has 2 rings (SSSR count). The SMILES string of the molecule is COc1c(C2(O)CCC2)ccc(Cl)c1C. The van der Waals surface area contributed by atoms with Crippen molar-refractivity contribution in [2.75, 3.05) is 7.11 Å². The predicted octanol–water partition coefficient (Wildman–Crippen LogP) is 3.03. The first kappa shape index (κ1) is 10.8. The van der Waals surface area contributed by atoms with Crippen LogP contribution in [0.1, 0.15) is 30.4 Å². The molecule has 82 valence electrons. The van der Waals surface area contributed by atoms with E-state index in [1.807, 2.05) is 19.1 Å². The van der Waals surface area contributed by atoms with Crippen LogP contribution < -0.4 is 4.74 Å². The number of rotatable bonds is 2. The van der Waals surface area contributed by atoms with Gasteiger partial charge in [0.2, 0.25) is 0 Å². The molecule has 1 saturated carbocycles. The largest absolute Gasteiger partial charge is 0.496 e. The molecule has 1 aromatic rings. The molecule has 1 fully saturated rings. The molecular formula is C12H15ClO2. The lowest BCUT2D eigenvalue weighted by Gasteiger charge is -2.38. The van der Waals surface area contributed by atoms with Gasteiger partial charge in [0, 0.05) is 16.1 Å². The van der Waals surface area contributed by atoms with Crippen LogP contribution in [0, 0.1) is 6.92 Å². The summed E-state index contributed by atoms with van der Waals surface area (Å²) in [7, 11) is 1.62. The van der Waals surface area contributed by atoms with Gasteiger partial charge in [-0.3, -0.25) is 0 Å². The van der Waals surface area contributed by atoms with Gasteiger partial charge in [0.15, 0.2) is 0 Å². The Morgan fingerprint density at radius 2 is 2.07 bits per heavy atom. The van der Waals surface area contributed by atoms with Crippen molar-refractivity contribution >= 4 is 11.6 Å². The molecule has 0 aromatic heterocycles. The summed E-state index contributed by atoms with van der Waals surface area (Å²) in [6.07, 6.45) is 2.69. The number of methoxy groups -OCH3 is 1. The number of halogens is 1. The lowest BCUT2D eigenvalue weighted by Crippen LogP contribution is -2.34. The molecule has 2 nitrogen and oxygen atoms in total. The summed E-state index contributed by atoms with van der Waals surface area (Å²) in [5, 5.41) is 11.0. The second-order valence-corrected chi connectivity index (χ2v) is 4.55. The molecule has 1 aliphatic carbocycles. The van der Waals surface area contributed by atoms with Crippen LogP contribution in [-0.4, -0.2) is 12.2 Å². The van der Waals surface area contributed by atoms with Crippen LogP contribution in [0.25, 0.3) is 0 Å². The van der Waals surface area contributed by atoms with E-state index < -0.39 is 5.60 Å². The van der Waals surface area contributed by atoms with Gasteiger partial charge in [0.1, 0.15) is 5.75 Å². The highest BCUT2D eigenvalue weighted by Crippen LogP contribution is 2.46. The molecule has 15 heavy (non-hydrogen) atoms. The molecule has 1 N–H and O–H groups in total. The normalized spacial score (nSPS) is 18.4. The maximum Gasteiger partial charge on any atom is 0.129 e. The highest BCUT2D eigenvalue weighted by molar-refractivity contribution is 6.31. The molecule has 0 spiro atoms. The molecule has 3 heteroatoms. The van der Waals surface area contributed by atoms with Gasteiger partial charge >= 0.3 is 0 Å². The first-order valence-electron chi connectivity index (χ1n) is 5.14. The third kappa shape index (κ3) is 1.62. The Balaban J connectivity index is 2.52. The van der Waals surface area contributed by atoms with E-state index >= 15 is 0 Å². The van der Waals surface area contributed by atoms with Crippen molar-refractivity contribution < 1.29 is 9.84 Å². The summed E-state index contributed by atoms with van der Waals surface area (Å²) in [5.41, 5.74) is 1.08. The van der Waals surface area contributed by atoms with Crippen molar-refractivity contribution in [3.05, 3.63) is 28.3 Å². The van der Waals surface area contributed by atoms with Crippen molar-refractivity contribution in [2.24, 2.45) is 0 Å². The van der Waals surface area contributed by atoms with E-state index in [9.17, 15) is 5.11 Å². The fourth-order valence-corrected chi connectivity index (χ4v) is 2.23. The van der Waals surface area contributed by atoms with Crippen molar-refractivity contribution in [2.45, 2.75) is 31.8 Å². The number of hydrogen-bond donors (Lipinski definition) is 1. The Morgan fingerprint density at radius 1 is 1.40 bits per heavy atom. The third-order valence-corrected chi connectivity index (χ3v) is 3.64. The molecular weight excluding hydrogens is 212 g/mol. The first-order valence-corrected chi connectivity index (χ1v) is 5.52. The minimum Gasteiger partial charge on any atom is -0.496 e. The Kier molecular flexibility index (Phi) is 2.65. The Morgan fingerprint density at radius 3 is 2.53 bits per heavy atom. The van der Waals surface area contributed by atoms with Gasteiger partial charge < -0.3 is 9.84 Å². The van der Waals surface area contributed by atoms with Crippen molar-refractivity contribution in [1.29, 1.82) is 0 Å². The fourth-order valence-electron chi connectivity index (χ4n) is 2.08. The van der Waals surface area contributed by atoms with Crippen molar-refractivity contribution in [1.82, 2.24) is 0 Å². The van der Waals surface area contributed by atoms with E-state index in [-0.39, 0.29) is 0 Å². The predicted molar refractivity (Wildman–Crippen MR) is 60.5 cm³/mol. The molecule has 0 radical (unpaired) electrons. The van der Waals surface area contributed by atoms with Gasteiger partial charge in [0.05, 0.1) is 12.7 Å². The number of hydrogen-bond acceptors (Lipinski definition) is 2. The molecule has 0 unspecified atom stereocenters. The summed E-state index contributed by atoms with van der Waals surface area (Å²) >= 11 is 6.01. The summed E-state index contributed by atoms with van der Waals surface area (Å²) in [5.74, 6) is 0.727. The molecule has 1 aliphatic rings. The summed E-state index contributed by atoms with van der Waals surface area (Å²) in [6, 6.07) is 3.69. The van der Waals surface area contributed by atoms with Crippen LogP contribution in [0.4, 0.5) is 0 Å². The number of aliphatic hydroxyl groups is 1. The zero-order valence-electron chi connectivity index (χ0n) is 9.01. The lowest BCUT2D eigenvalue weighted by atomic mass is 9.74. The number of ether oxygens (including phenoxy) is 1. The highest BCUT2D eigenvalue weighted by atomic mass is 35.5. The topological polar surface area (TPSA) is 29.5 Å². The van der Waals surface area contributed by atoms with Crippen LogP contribution in [0.2, 0.25) is 5.02 Å². The molecule has 0 saturated heterocycles. The third-order valence-electron chi connectivity index (χ3n) is 3.23. The van der Waals surface area contributed by atoms with E-state index in [2.05, 4.69) is 0 Å². The van der Waals surface area contributed by atoms with E-state index in [4.69, 9.17) is 16.3 Å². The average Bonchev–Trinajstić information content (AvgIpc) is 2.18. The van der Waals surface area contributed by atoms with E-state index in [1.54, 1.807) is 7.11 Å². The van der Waals surface area contributed by atoms with Crippen LogP contribution in [0.5, 0.6) is 5.75 Å². The van der Waals surface area contributed by atoms with Gasteiger partial charge in [0.25, 0.3) is 0 Å². The van der Waals surface area contributed by atoms with Crippen LogP contribution in [-0.2, 0) is 5.60 Å². The fraction of sp³-hybridized carbons (Fsp3) is 0.500. The lowest BCUT2D eigenvalue weighted by molar-refractivity contribution is -0.0405. The van der Waals surface area contributed by atoms with Gasteiger partial charge in [-0.15, -0.1) is 0 Å². The average molecular weight is 227 g/mol. The van der Waals surface area contributed by atoms with Crippen LogP contribution in [0.3, 0.4) is 0 Å². The molecule has 0 heterocycles. The minimum atomic E-state index is -0.694. The molecule has 0 bridgehead atoms. The maximum absolute atomic E-state index is 10.3. The van der Waals surface area contributed by atoms with E-state index in [0.29, 0.717) is 5.02 Å². The second kappa shape index (κ2) is 3.69. The zero-order chi connectivity index (χ0) is 11.1. The Labute approximate surface area is 94.8 Å². The second-order valence-electron chi connectivity index (χ2n) is 4.14. The molecule has 0 amide bonds. The summed E-state index contributed by atoms with van der Waals surface area (Å²) in [4.78, 5) is 0. The minimum absolute atomic E-state index is 0.679. The van der Waals surface area contributed by atoms with Gasteiger partial charge in [-0.05, 0) is 32.3 Å². The Bertz CT molecular complexity index is 383. The smallest absolute Gasteiger partial charge is 0.129 e. The first-order chi connectivity index (χ1) is 7.08. The maximum atomic E-state index is 10.3. The monoisotopic (exact) mass is 226 g/mol. The van der Waals surface area contributed by atoms with Gasteiger partial charge in [-0.25, -0.2) is 0 Å². The van der Waals surface area contributed by atoms with E-state index in [0.717, 1.165) is 36.1 Å². The van der Waals surface area contributed by atoms with Gasteiger partial charge in [-0.2, -0.15) is 0 Å². The van der Waals surface area contributed by atoms with Crippen molar-refractivity contribution in [3.8, 4) is 5.75 Å². The van der Waals surface area contributed by atoms with E-state index in [1.165, 1.54) is 0 Å². The van der Waals surface area contributed by atoms with Gasteiger partial charge in [-0.1, -0.05) is 17.7 Å². The standard InChI is InChI=1S/C12H15ClO2/c1-8-10(13)5-4-9(11(8)15-2)12(14)6-3-7-12/h4-5,14H,3,6-7H2,1-2H3. The van der Waals surface area contributed by atoms with Crippen molar-refractivity contribution in [3.63, 3.8) is 0 Å². The molecule has 1 aromatic carbocycles.